The molecule has 2 rings (SSSR count). The van der Waals surface area contributed by atoms with Crippen molar-refractivity contribution in [3.63, 3.8) is 0 Å². The standard InChI is InChI=1S/C11H11N3O3S/c1-18(15,16)9-4-2-8(3-5-9)17-11-13-7-6-10(12)14-11/h2-7H,1H3,(H2,12,13,14). The number of hydrogen-bond donors (Lipinski definition) is 1. The minimum absolute atomic E-state index is 0.113. The summed E-state index contributed by atoms with van der Waals surface area (Å²) < 4.78 is 27.9. The molecule has 2 aromatic rings. The predicted octanol–water partition coefficient (Wildman–Crippen LogP) is 1.25. The van der Waals surface area contributed by atoms with Crippen molar-refractivity contribution in [2.45, 2.75) is 4.90 Å². The quantitative estimate of drug-likeness (QED) is 0.897. The van der Waals surface area contributed by atoms with E-state index in [1.54, 1.807) is 6.07 Å². The Bertz CT molecular complexity index is 653. The minimum Gasteiger partial charge on any atom is -0.424 e. The Labute approximate surface area is 104 Å². The van der Waals surface area contributed by atoms with E-state index in [0.29, 0.717) is 11.6 Å². The van der Waals surface area contributed by atoms with E-state index in [1.807, 2.05) is 0 Å². The third-order valence-corrected chi connectivity index (χ3v) is 3.24. The van der Waals surface area contributed by atoms with Crippen LogP contribution >= 0.6 is 0 Å². The maximum atomic E-state index is 11.3. The lowest BCUT2D eigenvalue weighted by Gasteiger charge is -2.04. The van der Waals surface area contributed by atoms with Gasteiger partial charge in [-0.3, -0.25) is 0 Å². The molecule has 0 saturated carbocycles. The first-order valence-corrected chi connectivity index (χ1v) is 6.91. The minimum atomic E-state index is -3.21. The Morgan fingerprint density at radius 3 is 2.39 bits per heavy atom. The van der Waals surface area contributed by atoms with Gasteiger partial charge in [-0.05, 0) is 30.3 Å². The number of sulfone groups is 1. The lowest BCUT2D eigenvalue weighted by Crippen LogP contribution is -1.98. The second-order valence-corrected chi connectivity index (χ2v) is 5.63. The zero-order chi connectivity index (χ0) is 13.2. The van der Waals surface area contributed by atoms with Gasteiger partial charge in [0, 0.05) is 12.5 Å². The summed E-state index contributed by atoms with van der Waals surface area (Å²) in [5.41, 5.74) is 5.48. The van der Waals surface area contributed by atoms with Gasteiger partial charge in [0.1, 0.15) is 11.6 Å². The Hall–Kier alpha value is -2.15. The van der Waals surface area contributed by atoms with Crippen molar-refractivity contribution in [1.82, 2.24) is 9.97 Å². The van der Waals surface area contributed by atoms with Gasteiger partial charge in [-0.1, -0.05) is 0 Å². The highest BCUT2D eigenvalue weighted by molar-refractivity contribution is 7.90. The third kappa shape index (κ3) is 2.95. The van der Waals surface area contributed by atoms with Crippen molar-refractivity contribution in [3.8, 4) is 11.8 Å². The molecule has 0 fully saturated rings. The summed E-state index contributed by atoms with van der Waals surface area (Å²) in [5.74, 6) is 0.737. The molecule has 94 valence electrons. The molecule has 0 radical (unpaired) electrons. The van der Waals surface area contributed by atoms with Crippen LogP contribution in [0.3, 0.4) is 0 Å². The van der Waals surface area contributed by atoms with Crippen LogP contribution in [-0.2, 0) is 9.84 Å². The molecule has 7 heteroatoms. The number of ether oxygens (including phenoxy) is 1. The lowest BCUT2D eigenvalue weighted by atomic mass is 10.3. The highest BCUT2D eigenvalue weighted by atomic mass is 32.2. The van der Waals surface area contributed by atoms with Gasteiger partial charge in [-0.2, -0.15) is 4.98 Å². The molecular formula is C11H11N3O3S. The number of nitrogens with zero attached hydrogens (tertiary/aromatic N) is 2. The Morgan fingerprint density at radius 1 is 1.17 bits per heavy atom. The van der Waals surface area contributed by atoms with Crippen molar-refractivity contribution >= 4 is 15.7 Å². The van der Waals surface area contributed by atoms with Gasteiger partial charge in [0.05, 0.1) is 4.90 Å². The Morgan fingerprint density at radius 2 is 1.83 bits per heavy atom. The monoisotopic (exact) mass is 265 g/mol. The molecular weight excluding hydrogens is 254 g/mol. The summed E-state index contributed by atoms with van der Waals surface area (Å²) in [6.45, 7) is 0. The van der Waals surface area contributed by atoms with Crippen molar-refractivity contribution in [3.05, 3.63) is 36.5 Å². The van der Waals surface area contributed by atoms with Gasteiger partial charge >= 0.3 is 6.01 Å². The second-order valence-electron chi connectivity index (χ2n) is 3.61. The molecule has 0 unspecified atom stereocenters. The topological polar surface area (TPSA) is 95.2 Å². The van der Waals surface area contributed by atoms with E-state index in [2.05, 4.69) is 9.97 Å². The number of hydrogen-bond acceptors (Lipinski definition) is 6. The summed E-state index contributed by atoms with van der Waals surface area (Å²) in [6.07, 6.45) is 2.62. The van der Waals surface area contributed by atoms with E-state index < -0.39 is 9.84 Å². The smallest absolute Gasteiger partial charge is 0.323 e. The molecule has 1 aromatic carbocycles. The predicted molar refractivity (Wildman–Crippen MR) is 66.1 cm³/mol. The van der Waals surface area contributed by atoms with Crippen LogP contribution in [0.25, 0.3) is 0 Å². The molecule has 0 aliphatic carbocycles. The summed E-state index contributed by atoms with van der Waals surface area (Å²) in [4.78, 5) is 7.97. The van der Waals surface area contributed by atoms with Crippen molar-refractivity contribution < 1.29 is 13.2 Å². The first-order chi connectivity index (χ1) is 8.45. The van der Waals surface area contributed by atoms with Crippen LogP contribution < -0.4 is 10.5 Å². The molecule has 6 nitrogen and oxygen atoms in total. The van der Waals surface area contributed by atoms with Gasteiger partial charge in [-0.15, -0.1) is 0 Å². The van der Waals surface area contributed by atoms with Gasteiger partial charge in [-0.25, -0.2) is 13.4 Å². The number of rotatable bonds is 3. The molecule has 0 aliphatic heterocycles. The molecule has 2 N–H and O–H groups in total. The summed E-state index contributed by atoms with van der Waals surface area (Å²) in [6, 6.07) is 7.63. The fraction of sp³-hybridized carbons (Fsp3) is 0.0909. The highest BCUT2D eigenvalue weighted by Crippen LogP contribution is 2.20. The number of benzene rings is 1. The molecule has 0 aliphatic rings. The summed E-state index contributed by atoms with van der Waals surface area (Å²) in [7, 11) is -3.21. The highest BCUT2D eigenvalue weighted by Gasteiger charge is 2.07. The molecule has 0 spiro atoms. The van der Waals surface area contributed by atoms with Crippen LogP contribution in [0.1, 0.15) is 0 Å². The fourth-order valence-corrected chi connectivity index (χ4v) is 1.89. The maximum Gasteiger partial charge on any atom is 0.323 e. The van der Waals surface area contributed by atoms with E-state index in [4.69, 9.17) is 10.5 Å². The maximum absolute atomic E-state index is 11.3. The normalized spacial score (nSPS) is 11.2. The molecule has 0 atom stereocenters. The zero-order valence-corrected chi connectivity index (χ0v) is 10.4. The number of nitrogens with two attached hydrogens (primary N) is 1. The van der Waals surface area contributed by atoms with E-state index in [1.165, 1.54) is 30.5 Å². The van der Waals surface area contributed by atoms with E-state index in [9.17, 15) is 8.42 Å². The first-order valence-electron chi connectivity index (χ1n) is 5.02. The SMILES string of the molecule is CS(=O)(=O)c1ccc(Oc2nccc(N)n2)cc1. The van der Waals surface area contributed by atoms with Gasteiger partial charge in [0.15, 0.2) is 9.84 Å². The van der Waals surface area contributed by atoms with Gasteiger partial charge in [0.2, 0.25) is 0 Å². The van der Waals surface area contributed by atoms with Crippen LogP contribution in [0.4, 0.5) is 5.82 Å². The average Bonchev–Trinajstić information content (AvgIpc) is 2.28. The molecule has 18 heavy (non-hydrogen) atoms. The summed E-state index contributed by atoms with van der Waals surface area (Å²) in [5, 5.41) is 0. The van der Waals surface area contributed by atoms with Crippen LogP contribution in [0.15, 0.2) is 41.4 Å². The third-order valence-electron chi connectivity index (χ3n) is 2.12. The van der Waals surface area contributed by atoms with Gasteiger partial charge in [0.25, 0.3) is 0 Å². The Kier molecular flexibility index (Phi) is 3.15. The van der Waals surface area contributed by atoms with Crippen LogP contribution in [0.2, 0.25) is 0 Å². The average molecular weight is 265 g/mol. The molecule has 0 saturated heterocycles. The first kappa shape index (κ1) is 12.3. The van der Waals surface area contributed by atoms with E-state index >= 15 is 0 Å². The van der Waals surface area contributed by atoms with Crippen molar-refractivity contribution in [1.29, 1.82) is 0 Å². The lowest BCUT2D eigenvalue weighted by molar-refractivity contribution is 0.442. The van der Waals surface area contributed by atoms with Gasteiger partial charge < -0.3 is 10.5 Å². The van der Waals surface area contributed by atoms with E-state index in [0.717, 1.165) is 6.26 Å². The number of aromatic nitrogens is 2. The van der Waals surface area contributed by atoms with Crippen LogP contribution in [0, 0.1) is 0 Å². The molecule has 1 heterocycles. The second kappa shape index (κ2) is 4.61. The molecule has 0 amide bonds. The fourth-order valence-electron chi connectivity index (χ4n) is 1.26. The van der Waals surface area contributed by atoms with E-state index in [-0.39, 0.29) is 10.9 Å². The molecule has 1 aromatic heterocycles. The van der Waals surface area contributed by atoms with Crippen LogP contribution in [0.5, 0.6) is 11.8 Å². The number of nitrogen functional groups attached to an aromatic ring is 1. The summed E-state index contributed by atoms with van der Waals surface area (Å²) >= 11 is 0. The van der Waals surface area contributed by atoms with Crippen LogP contribution in [-0.4, -0.2) is 24.6 Å². The number of anilines is 1. The Balaban J connectivity index is 2.21. The van der Waals surface area contributed by atoms with Crippen molar-refractivity contribution in [2.24, 2.45) is 0 Å². The molecule has 0 bridgehead atoms. The largest absolute Gasteiger partial charge is 0.424 e. The zero-order valence-electron chi connectivity index (χ0n) is 9.57. The van der Waals surface area contributed by atoms with Crippen molar-refractivity contribution in [2.75, 3.05) is 12.0 Å².